The van der Waals surface area contributed by atoms with E-state index in [0.717, 1.165) is 43.3 Å². The summed E-state index contributed by atoms with van der Waals surface area (Å²) in [5.41, 5.74) is 0. The van der Waals surface area contributed by atoms with Crippen molar-refractivity contribution in [1.29, 1.82) is 0 Å². The highest BCUT2D eigenvalue weighted by Crippen LogP contribution is 2.10. The molecule has 0 unspecified atom stereocenters. The van der Waals surface area contributed by atoms with Crippen molar-refractivity contribution in [2.45, 2.75) is 101 Å². The van der Waals surface area contributed by atoms with Crippen LogP contribution in [0, 0.1) is 41.4 Å². The molecule has 658 valence electrons. The average Bonchev–Trinajstić information content (AvgIpc) is 0.889. The van der Waals surface area contributed by atoms with Crippen LogP contribution in [0.1, 0.15) is 81.6 Å². The number of ether oxygens (including phenoxy) is 16. The van der Waals surface area contributed by atoms with Crippen LogP contribution in [-0.2, 0) is 128 Å². The van der Waals surface area contributed by atoms with Crippen LogP contribution in [0.15, 0.2) is 0 Å². The molecule has 41 heteroatoms. The molecule has 0 heterocycles. The minimum Gasteiger partial charge on any atom is -0.482 e. The maximum atomic E-state index is 11.7. The fraction of sp³-hybridized carbons (Fsp3) is 0.886. The maximum Gasteiger partial charge on any atom is 0.325 e. The number of carboxylic acid groups (broad SMARTS) is 4. The summed E-state index contributed by atoms with van der Waals surface area (Å²) in [6.07, 6.45) is 2.78. The van der Waals surface area contributed by atoms with E-state index in [1.165, 1.54) is 23.8 Å². The number of aliphatic carboxylic acids is 4. The quantitative estimate of drug-likeness (QED) is 0.0115. The van der Waals surface area contributed by atoms with Crippen molar-refractivity contribution in [2.24, 2.45) is 41.4 Å². The van der Waals surface area contributed by atoms with Gasteiger partial charge in [0.25, 0.3) is 16.1 Å². The van der Waals surface area contributed by atoms with Crippen molar-refractivity contribution >= 4 is 104 Å². The molecule has 0 rings (SSSR count). The van der Waals surface area contributed by atoms with Crippen LogP contribution in [0.5, 0.6) is 0 Å². The van der Waals surface area contributed by atoms with Crippen LogP contribution in [0.25, 0.3) is 0 Å². The van der Waals surface area contributed by atoms with Gasteiger partial charge in [-0.05, 0) is 76.8 Å². The van der Waals surface area contributed by atoms with E-state index in [2.05, 4.69) is 57.9 Å². The normalized spacial score (nSPS) is 12.1. The molecule has 0 saturated heterocycles. The van der Waals surface area contributed by atoms with Gasteiger partial charge in [0, 0.05) is 113 Å². The van der Waals surface area contributed by atoms with E-state index in [1.54, 1.807) is 63.6 Å². The number of alkyl halides is 1. The van der Waals surface area contributed by atoms with E-state index in [0.29, 0.717) is 150 Å². The van der Waals surface area contributed by atoms with Crippen LogP contribution in [0.2, 0.25) is 19.0 Å². The van der Waals surface area contributed by atoms with Crippen molar-refractivity contribution < 1.29 is 162 Å². The number of aliphatic hydroxyl groups is 3. The number of amides is 2. The van der Waals surface area contributed by atoms with E-state index >= 15 is 0 Å². The van der Waals surface area contributed by atoms with Gasteiger partial charge in [-0.25, -0.2) is 0 Å². The first-order valence-electron chi connectivity index (χ1n) is 36.0. The summed E-state index contributed by atoms with van der Waals surface area (Å²) in [5.74, 6) is -4.54. The maximum absolute atomic E-state index is 11.7. The smallest absolute Gasteiger partial charge is 0.325 e. The summed E-state index contributed by atoms with van der Waals surface area (Å²) < 4.78 is 105. The van der Waals surface area contributed by atoms with Crippen LogP contribution in [-0.4, -0.2) is 391 Å². The van der Waals surface area contributed by atoms with Gasteiger partial charge in [0.15, 0.2) is 0 Å². The molecule has 0 spiro atoms. The number of nitrogens with zero attached hydrogens (tertiary/aromatic N) is 2. The molecule has 0 fully saturated rings. The van der Waals surface area contributed by atoms with Crippen LogP contribution < -0.4 is 0 Å². The Hall–Kier alpha value is -4.09. The number of hydrogen-bond acceptors (Lipinski definition) is 30. The molecular formula is C70H142B3IN2O34S. The second kappa shape index (κ2) is 102. The molecule has 6 radical (unpaired) electrons. The summed E-state index contributed by atoms with van der Waals surface area (Å²) >= 11 is 2.36. The standard InChI is InChI=1S/C13H24BNO5.C12H24O4.C11H20BNO5.C7H15IO2.C7H14O4.C7H16O3.C4H10O4S.C4H8O3.C3H8O2.C2H3BO2/c1-4-20-13(17)9-15(12(16)7-14)8-11(2)10-19-6-5-18-3;1-4-16-12(13)7-5-6-11(2)10-15-9-8-14-3;1-9(8-18-4-3-17-2)6-13(7-11(15)16)10(14)5-12;1-7(5-8)6-10-4-3-9-2;1-6(7(8)9)5-11-4-3-10-2;1-7(5-8)6-10-4-3-9-2;1-7-3-4-8-9(2,5)6;1-3(2-5)4(6)7;1-5-3-2-4;3-1-2(4)5/h11H,4-10H2,1-3H3;11H,4-10H2,1-3H3;9H,3-8H2,1-2H3,(H,15,16);7H,3-6H2,1-2H3;6H,3-5H2,1-2H3,(H,8,9);7-8H,3-6H2,1-2H3;3-4H2,1-2H3;3,5H,2H2,1H3,(H,6,7);4H,2-3H2,1H3;1H2,(H,4,5)/t2*11-;9-;7-;6-;7-;;3-;;/m111101.0../s1. The highest BCUT2D eigenvalue weighted by molar-refractivity contribution is 14.1. The third kappa shape index (κ3) is 124. The lowest BCUT2D eigenvalue weighted by Gasteiger charge is -2.24. The Morgan fingerprint density at radius 2 is 0.730 bits per heavy atom. The van der Waals surface area contributed by atoms with Gasteiger partial charge in [-0.15, -0.1) is 0 Å². The Morgan fingerprint density at radius 1 is 0.405 bits per heavy atom. The van der Waals surface area contributed by atoms with E-state index in [9.17, 15) is 46.8 Å². The lowest BCUT2D eigenvalue weighted by Crippen LogP contribution is -2.40. The number of hydrogen-bond donors (Lipinski definition) is 7. The summed E-state index contributed by atoms with van der Waals surface area (Å²) in [6.45, 7) is 28.9. The number of carbonyl (C=O) groups is 8. The molecule has 0 aromatic rings. The predicted molar refractivity (Wildman–Crippen MR) is 428 cm³/mol. The van der Waals surface area contributed by atoms with Gasteiger partial charge in [0.05, 0.1) is 194 Å². The lowest BCUT2D eigenvalue weighted by molar-refractivity contribution is -0.148. The third-order valence-corrected chi connectivity index (χ3v) is 14.3. The molecule has 7 atom stereocenters. The highest BCUT2D eigenvalue weighted by Gasteiger charge is 2.20. The van der Waals surface area contributed by atoms with Crippen molar-refractivity contribution in [3.63, 3.8) is 0 Å². The van der Waals surface area contributed by atoms with Crippen molar-refractivity contribution in [3.05, 3.63) is 0 Å². The lowest BCUT2D eigenvalue weighted by atomic mass is 10.0. The summed E-state index contributed by atoms with van der Waals surface area (Å²) in [6, 6.07) is 0. The van der Waals surface area contributed by atoms with Gasteiger partial charge in [0.1, 0.15) is 13.1 Å². The van der Waals surface area contributed by atoms with Crippen molar-refractivity contribution in [3.8, 4) is 0 Å². The van der Waals surface area contributed by atoms with Crippen LogP contribution in [0.3, 0.4) is 0 Å². The Kier molecular flexibility index (Phi) is 117. The Morgan fingerprint density at radius 3 is 1.00 bits per heavy atom. The molecule has 0 aliphatic heterocycles. The zero-order valence-electron chi connectivity index (χ0n) is 69.8. The van der Waals surface area contributed by atoms with E-state index < -0.39 is 51.8 Å². The number of methoxy groups -OCH3 is 8. The molecule has 0 aromatic carbocycles. The number of aliphatic hydroxyl groups excluding tert-OH is 3. The summed E-state index contributed by atoms with van der Waals surface area (Å²) in [5, 5.41) is 57.4. The number of carbonyl (C=O) groups excluding carboxylic acids is 4. The average molecular weight is 1750 g/mol. The molecule has 7 N–H and O–H groups in total. The molecule has 0 aromatic heterocycles. The minimum atomic E-state index is -3.28. The second-order valence-electron chi connectivity index (χ2n) is 23.6. The molecule has 36 nitrogen and oxygen atoms in total. The van der Waals surface area contributed by atoms with Gasteiger partial charge in [0.2, 0.25) is 11.8 Å². The third-order valence-electron chi connectivity index (χ3n) is 12.2. The molecule has 0 aliphatic rings. The molecule has 0 aliphatic carbocycles. The SMILES string of the molecule is CCOC(=O)CCC[C@@H](C)COCCOC.COCCO.COCCOC[C@H](C)C(=O)O.COCCOC[C@H](C)CI.COCCOC[C@H](C)CO.COCCOS(C)(=O)=O.C[C@@H](CO)C(=O)O.[B]CC(=O)N(CC(=O)O)C[C@@H](C)COCCOC.[B]CC(=O)N(CC(=O)OCC)C[C@@H](C)COCCOC.[B]CC(=O)O. The highest BCUT2D eigenvalue weighted by atomic mass is 127. The molecular weight excluding hydrogens is 1600 g/mol. The number of carboxylic acids is 4. The van der Waals surface area contributed by atoms with Gasteiger partial charge < -0.3 is 121 Å². The zero-order valence-corrected chi connectivity index (χ0v) is 72.7. The van der Waals surface area contributed by atoms with Crippen LogP contribution >= 0.6 is 22.6 Å². The first kappa shape index (κ1) is 128. The first-order chi connectivity index (χ1) is 52.5. The van der Waals surface area contributed by atoms with E-state index in [4.69, 9.17) is 118 Å². The van der Waals surface area contributed by atoms with E-state index in [1.807, 2.05) is 27.7 Å². The fourth-order valence-electron chi connectivity index (χ4n) is 6.21. The molecule has 0 bridgehead atoms. The monoisotopic (exact) mass is 1750 g/mol. The molecule has 2 amide bonds. The number of halogens is 1. The first-order valence-corrected chi connectivity index (χ1v) is 39.3. The van der Waals surface area contributed by atoms with Gasteiger partial charge >= 0.3 is 29.8 Å². The number of esters is 2. The topological polar surface area (TPSA) is 476 Å². The van der Waals surface area contributed by atoms with Crippen LogP contribution in [0.4, 0.5) is 0 Å². The molecule has 111 heavy (non-hydrogen) atoms. The van der Waals surface area contributed by atoms with Gasteiger partial charge in [-0.2, -0.15) is 8.42 Å². The Labute approximate surface area is 680 Å². The largest absolute Gasteiger partial charge is 0.482 e. The van der Waals surface area contributed by atoms with Gasteiger partial charge in [-0.1, -0.05) is 57.2 Å². The Bertz CT molecular complexity index is 2130. The fourth-order valence-corrected chi connectivity index (χ4v) is 6.83. The van der Waals surface area contributed by atoms with Gasteiger partial charge in [-0.3, -0.25) is 42.5 Å². The van der Waals surface area contributed by atoms with E-state index in [-0.39, 0.29) is 101 Å². The molecule has 0 saturated carbocycles. The minimum absolute atomic E-state index is 0.0386. The summed E-state index contributed by atoms with van der Waals surface area (Å²) in [4.78, 5) is 88.2. The van der Waals surface area contributed by atoms with Crippen molar-refractivity contribution in [2.75, 3.05) is 266 Å². The predicted octanol–water partition coefficient (Wildman–Crippen LogP) is 3.03. The number of rotatable bonds is 58. The Balaban J connectivity index is -0.000000131. The van der Waals surface area contributed by atoms with Crippen molar-refractivity contribution in [1.82, 2.24) is 9.80 Å². The zero-order chi connectivity index (χ0) is 87.5. The second-order valence-corrected chi connectivity index (χ2v) is 26.1. The summed E-state index contributed by atoms with van der Waals surface area (Å²) in [7, 11) is 24.6.